The molecule has 1 aliphatic rings. The van der Waals surface area contributed by atoms with Crippen molar-refractivity contribution < 1.29 is 0 Å². The van der Waals surface area contributed by atoms with E-state index in [-0.39, 0.29) is 6.04 Å². The Morgan fingerprint density at radius 1 is 1.44 bits per heavy atom. The average molecular weight is 243 g/mol. The molecule has 5 heteroatoms. The summed E-state index contributed by atoms with van der Waals surface area (Å²) in [6, 6.07) is 8.64. The van der Waals surface area contributed by atoms with Gasteiger partial charge in [0, 0.05) is 18.4 Å². The van der Waals surface area contributed by atoms with E-state index in [0.717, 1.165) is 18.7 Å². The number of aromatic nitrogens is 4. The van der Waals surface area contributed by atoms with E-state index in [2.05, 4.69) is 39.7 Å². The zero-order valence-electron chi connectivity index (χ0n) is 10.5. The summed E-state index contributed by atoms with van der Waals surface area (Å²) in [7, 11) is 1.77. The van der Waals surface area contributed by atoms with Gasteiger partial charge in [-0.3, -0.25) is 0 Å². The van der Waals surface area contributed by atoms with Crippen molar-refractivity contribution in [2.45, 2.75) is 31.2 Å². The molecule has 2 N–H and O–H groups in total. The quantitative estimate of drug-likeness (QED) is 0.866. The highest BCUT2D eigenvalue weighted by atomic mass is 15.6. The van der Waals surface area contributed by atoms with E-state index < -0.39 is 0 Å². The summed E-state index contributed by atoms with van der Waals surface area (Å²) >= 11 is 0. The molecule has 1 aromatic heterocycles. The van der Waals surface area contributed by atoms with Gasteiger partial charge in [-0.05, 0) is 29.2 Å². The summed E-state index contributed by atoms with van der Waals surface area (Å²) in [5.74, 6) is 1.15. The molecule has 0 saturated heterocycles. The summed E-state index contributed by atoms with van der Waals surface area (Å²) in [6.07, 6.45) is 2.94. The van der Waals surface area contributed by atoms with Gasteiger partial charge in [0.1, 0.15) is 0 Å². The first-order valence-corrected chi connectivity index (χ1v) is 6.30. The summed E-state index contributed by atoms with van der Waals surface area (Å²) in [5.41, 5.74) is 9.15. The highest BCUT2D eigenvalue weighted by Crippen LogP contribution is 2.35. The second-order valence-corrected chi connectivity index (χ2v) is 4.91. The van der Waals surface area contributed by atoms with Crippen molar-refractivity contribution in [2.75, 3.05) is 0 Å². The molecule has 2 unspecified atom stereocenters. The first kappa shape index (κ1) is 11.3. The van der Waals surface area contributed by atoms with E-state index >= 15 is 0 Å². The van der Waals surface area contributed by atoms with Crippen LogP contribution in [0.15, 0.2) is 24.3 Å². The smallest absolute Gasteiger partial charge is 0.176 e. The van der Waals surface area contributed by atoms with Gasteiger partial charge < -0.3 is 5.73 Å². The zero-order valence-corrected chi connectivity index (χ0v) is 10.5. The molecule has 0 amide bonds. The molecule has 1 aliphatic carbocycles. The third kappa shape index (κ3) is 2.01. The van der Waals surface area contributed by atoms with Crippen molar-refractivity contribution in [2.24, 2.45) is 12.8 Å². The maximum absolute atomic E-state index is 6.32. The number of rotatable bonds is 3. The van der Waals surface area contributed by atoms with Crippen LogP contribution in [0.25, 0.3) is 0 Å². The normalized spacial score (nSPS) is 19.8. The summed E-state index contributed by atoms with van der Waals surface area (Å²) in [6.45, 7) is 0. The van der Waals surface area contributed by atoms with E-state index in [1.807, 2.05) is 0 Å². The van der Waals surface area contributed by atoms with E-state index in [9.17, 15) is 0 Å². The third-order valence-corrected chi connectivity index (χ3v) is 3.66. The van der Waals surface area contributed by atoms with Gasteiger partial charge in [-0.25, -0.2) is 0 Å². The van der Waals surface area contributed by atoms with E-state index in [4.69, 9.17) is 5.73 Å². The molecule has 0 aliphatic heterocycles. The molecular formula is C13H17N5. The van der Waals surface area contributed by atoms with Crippen molar-refractivity contribution in [3.8, 4) is 0 Å². The van der Waals surface area contributed by atoms with Gasteiger partial charge in [0.2, 0.25) is 0 Å². The Kier molecular flexibility index (Phi) is 2.83. The number of hydrogen-bond donors (Lipinski definition) is 1. The molecule has 94 valence electrons. The van der Waals surface area contributed by atoms with Crippen LogP contribution in [-0.2, 0) is 19.9 Å². The fraction of sp³-hybridized carbons (Fsp3) is 0.462. The van der Waals surface area contributed by atoms with Crippen molar-refractivity contribution in [1.82, 2.24) is 20.2 Å². The molecule has 0 bridgehead atoms. The van der Waals surface area contributed by atoms with Gasteiger partial charge in [-0.15, -0.1) is 10.2 Å². The molecule has 0 radical (unpaired) electrons. The predicted molar refractivity (Wildman–Crippen MR) is 68.0 cm³/mol. The lowest BCUT2D eigenvalue weighted by Crippen LogP contribution is -2.30. The molecule has 2 atom stereocenters. The van der Waals surface area contributed by atoms with Gasteiger partial charge in [-0.2, -0.15) is 4.80 Å². The number of benzene rings is 1. The second-order valence-electron chi connectivity index (χ2n) is 4.91. The topological polar surface area (TPSA) is 69.6 Å². The van der Waals surface area contributed by atoms with Crippen LogP contribution in [0.2, 0.25) is 0 Å². The van der Waals surface area contributed by atoms with Crippen LogP contribution >= 0.6 is 0 Å². The fourth-order valence-electron chi connectivity index (χ4n) is 2.79. The van der Waals surface area contributed by atoms with Crippen LogP contribution in [0.1, 0.15) is 29.3 Å². The maximum atomic E-state index is 6.32. The molecule has 3 rings (SSSR count). The Bertz CT molecular complexity index is 548. The SMILES string of the molecule is Cn1nnc(CC(N)C2CCc3ccccc32)n1. The van der Waals surface area contributed by atoms with Crippen molar-refractivity contribution in [3.05, 3.63) is 41.2 Å². The third-order valence-electron chi connectivity index (χ3n) is 3.66. The molecule has 0 saturated carbocycles. The molecule has 18 heavy (non-hydrogen) atoms. The average Bonchev–Trinajstić information content (AvgIpc) is 2.95. The molecule has 5 nitrogen and oxygen atoms in total. The van der Waals surface area contributed by atoms with E-state index in [1.54, 1.807) is 7.05 Å². The molecule has 1 aromatic carbocycles. The number of nitrogens with two attached hydrogens (primary N) is 1. The van der Waals surface area contributed by atoms with Crippen LogP contribution in [0.4, 0.5) is 0 Å². The number of hydrogen-bond acceptors (Lipinski definition) is 4. The lowest BCUT2D eigenvalue weighted by molar-refractivity contribution is 0.513. The van der Waals surface area contributed by atoms with Gasteiger partial charge >= 0.3 is 0 Å². The highest BCUT2D eigenvalue weighted by molar-refractivity contribution is 5.36. The van der Waals surface area contributed by atoms with Gasteiger partial charge in [-0.1, -0.05) is 24.3 Å². The van der Waals surface area contributed by atoms with Gasteiger partial charge in [0.15, 0.2) is 5.82 Å². The van der Waals surface area contributed by atoms with Gasteiger partial charge in [0.25, 0.3) is 0 Å². The number of fused-ring (bicyclic) bond motifs is 1. The lowest BCUT2D eigenvalue weighted by Gasteiger charge is -2.18. The maximum Gasteiger partial charge on any atom is 0.176 e. The van der Waals surface area contributed by atoms with E-state index in [1.165, 1.54) is 15.9 Å². The van der Waals surface area contributed by atoms with Crippen LogP contribution in [0, 0.1) is 0 Å². The molecular weight excluding hydrogens is 226 g/mol. The Balaban J connectivity index is 1.76. The standard InChI is InChI=1S/C13H17N5/c1-18-16-13(15-17-18)8-12(14)11-7-6-9-4-2-3-5-10(9)11/h2-5,11-12H,6-8,14H2,1H3. The minimum atomic E-state index is 0.0675. The van der Waals surface area contributed by atoms with Gasteiger partial charge in [0.05, 0.1) is 7.05 Å². The largest absolute Gasteiger partial charge is 0.327 e. The van der Waals surface area contributed by atoms with Crippen molar-refractivity contribution >= 4 is 0 Å². The molecule has 0 spiro atoms. The highest BCUT2D eigenvalue weighted by Gasteiger charge is 2.28. The molecule has 2 aromatic rings. The summed E-state index contributed by atoms with van der Waals surface area (Å²) < 4.78 is 0. The summed E-state index contributed by atoms with van der Waals surface area (Å²) in [5, 5.41) is 12.0. The number of aryl methyl sites for hydroxylation is 2. The predicted octanol–water partition coefficient (Wildman–Crippen LogP) is 0.810. The minimum absolute atomic E-state index is 0.0675. The monoisotopic (exact) mass is 243 g/mol. The van der Waals surface area contributed by atoms with Crippen LogP contribution in [0.5, 0.6) is 0 Å². The number of nitrogens with zero attached hydrogens (tertiary/aromatic N) is 4. The second kappa shape index (κ2) is 4.49. The van der Waals surface area contributed by atoms with Crippen LogP contribution in [-0.4, -0.2) is 26.2 Å². The van der Waals surface area contributed by atoms with E-state index in [0.29, 0.717) is 12.3 Å². The first-order chi connectivity index (χ1) is 8.74. The first-order valence-electron chi connectivity index (χ1n) is 6.30. The molecule has 1 heterocycles. The summed E-state index contributed by atoms with van der Waals surface area (Å²) in [4.78, 5) is 1.48. The van der Waals surface area contributed by atoms with Crippen LogP contribution < -0.4 is 5.73 Å². The minimum Gasteiger partial charge on any atom is -0.327 e. The number of tetrazole rings is 1. The lowest BCUT2D eigenvalue weighted by atomic mass is 9.91. The fourth-order valence-corrected chi connectivity index (χ4v) is 2.79. The Labute approximate surface area is 106 Å². The Hall–Kier alpha value is -1.75. The Morgan fingerprint density at radius 3 is 3.06 bits per heavy atom. The Morgan fingerprint density at radius 2 is 2.28 bits per heavy atom. The van der Waals surface area contributed by atoms with Crippen molar-refractivity contribution in [1.29, 1.82) is 0 Å². The molecule has 0 fully saturated rings. The van der Waals surface area contributed by atoms with Crippen LogP contribution in [0.3, 0.4) is 0 Å². The zero-order chi connectivity index (χ0) is 12.5. The van der Waals surface area contributed by atoms with Crippen molar-refractivity contribution in [3.63, 3.8) is 0 Å².